The lowest BCUT2D eigenvalue weighted by Gasteiger charge is -1.98. The fourth-order valence-electron chi connectivity index (χ4n) is 0.500. The lowest BCUT2D eigenvalue weighted by molar-refractivity contribution is -0.136. The molecule has 0 heterocycles. The van der Waals surface area contributed by atoms with Gasteiger partial charge in [-0.15, -0.1) is 0 Å². The molecule has 0 spiro atoms. The van der Waals surface area contributed by atoms with E-state index in [0.717, 1.165) is 12.8 Å². The zero-order chi connectivity index (χ0) is 9.98. The molecular formula is C9H20O3. The number of aliphatic carboxylic acids is 1. The van der Waals surface area contributed by atoms with Gasteiger partial charge < -0.3 is 10.2 Å². The van der Waals surface area contributed by atoms with E-state index in [-0.39, 0.29) is 12.5 Å². The van der Waals surface area contributed by atoms with Crippen LogP contribution >= 0.6 is 0 Å². The fourth-order valence-corrected chi connectivity index (χ4v) is 0.500. The molecule has 2 N–H and O–H groups in total. The van der Waals surface area contributed by atoms with Crippen LogP contribution in [0.5, 0.6) is 0 Å². The van der Waals surface area contributed by atoms with E-state index in [1.54, 1.807) is 6.92 Å². The van der Waals surface area contributed by atoms with Crippen molar-refractivity contribution in [1.29, 1.82) is 0 Å². The minimum atomic E-state index is -0.745. The summed E-state index contributed by atoms with van der Waals surface area (Å²) in [5, 5.41) is 16.4. The summed E-state index contributed by atoms with van der Waals surface area (Å²) < 4.78 is 0. The summed E-state index contributed by atoms with van der Waals surface area (Å²) >= 11 is 0. The van der Waals surface area contributed by atoms with Gasteiger partial charge in [0.05, 0.1) is 6.10 Å². The van der Waals surface area contributed by atoms with Crippen LogP contribution < -0.4 is 0 Å². The number of hydrogen-bond acceptors (Lipinski definition) is 2. The quantitative estimate of drug-likeness (QED) is 0.689. The minimum Gasteiger partial charge on any atom is -0.481 e. The molecule has 3 heteroatoms. The molecule has 0 rings (SSSR count). The second-order valence-corrected chi connectivity index (χ2v) is 2.74. The van der Waals surface area contributed by atoms with Crippen molar-refractivity contribution in [3.8, 4) is 0 Å². The van der Waals surface area contributed by atoms with E-state index in [0.29, 0.717) is 0 Å². The average molecular weight is 176 g/mol. The molecule has 0 aliphatic carbocycles. The number of rotatable bonds is 4. The number of carbonyl (C=O) groups is 1. The summed E-state index contributed by atoms with van der Waals surface area (Å²) in [5.74, 6) is -0.745. The second kappa shape index (κ2) is 10.4. The predicted molar refractivity (Wildman–Crippen MR) is 49.1 cm³/mol. The molecule has 0 radical (unpaired) electrons. The predicted octanol–water partition coefficient (Wildman–Crippen LogP) is 2.04. The van der Waals surface area contributed by atoms with E-state index in [2.05, 4.69) is 6.92 Å². The third kappa shape index (κ3) is 22.7. The maximum atomic E-state index is 9.37. The van der Waals surface area contributed by atoms with Gasteiger partial charge in [-0.2, -0.15) is 0 Å². The fraction of sp³-hybridized carbons (Fsp3) is 0.889. The molecule has 0 saturated carbocycles. The van der Waals surface area contributed by atoms with Gasteiger partial charge in [-0.3, -0.25) is 4.79 Å². The molecule has 0 aliphatic rings. The van der Waals surface area contributed by atoms with Gasteiger partial charge in [-0.1, -0.05) is 26.7 Å². The number of hydrogen-bond donors (Lipinski definition) is 2. The topological polar surface area (TPSA) is 57.5 Å². The van der Waals surface area contributed by atoms with Crippen LogP contribution in [-0.2, 0) is 4.79 Å². The van der Waals surface area contributed by atoms with Crippen LogP contribution in [-0.4, -0.2) is 22.3 Å². The Morgan fingerprint density at radius 2 is 1.83 bits per heavy atom. The van der Waals surface area contributed by atoms with E-state index in [4.69, 9.17) is 10.2 Å². The summed E-state index contributed by atoms with van der Waals surface area (Å²) in [6.07, 6.45) is 3.42. The SMILES string of the molecule is CCC(=O)O.CCCCC(C)O. The molecule has 1 atom stereocenters. The highest BCUT2D eigenvalue weighted by Crippen LogP contribution is 1.97. The van der Waals surface area contributed by atoms with Crippen molar-refractivity contribution in [2.45, 2.75) is 52.6 Å². The van der Waals surface area contributed by atoms with Crippen molar-refractivity contribution in [2.75, 3.05) is 0 Å². The third-order valence-electron chi connectivity index (χ3n) is 1.28. The maximum absolute atomic E-state index is 9.37. The molecule has 0 aromatic carbocycles. The van der Waals surface area contributed by atoms with E-state index in [1.807, 2.05) is 6.92 Å². The molecule has 0 aromatic heterocycles. The third-order valence-corrected chi connectivity index (χ3v) is 1.28. The van der Waals surface area contributed by atoms with E-state index in [9.17, 15) is 4.79 Å². The Balaban J connectivity index is 0. The smallest absolute Gasteiger partial charge is 0.303 e. The lowest BCUT2D eigenvalue weighted by Crippen LogP contribution is -1.97. The van der Waals surface area contributed by atoms with Gasteiger partial charge in [0.15, 0.2) is 0 Å². The standard InChI is InChI=1S/C6H14O.C3H6O2/c1-3-4-5-6(2)7;1-2-3(4)5/h6-7H,3-5H2,1-2H3;2H2,1H3,(H,4,5). The summed E-state index contributed by atoms with van der Waals surface area (Å²) in [7, 11) is 0. The number of aliphatic hydroxyl groups is 1. The normalized spacial score (nSPS) is 11.3. The van der Waals surface area contributed by atoms with Gasteiger partial charge in [0.1, 0.15) is 0 Å². The van der Waals surface area contributed by atoms with E-state index < -0.39 is 5.97 Å². The molecule has 1 unspecified atom stereocenters. The maximum Gasteiger partial charge on any atom is 0.303 e. The summed E-state index contributed by atoms with van der Waals surface area (Å²) in [5.41, 5.74) is 0. The highest BCUT2D eigenvalue weighted by atomic mass is 16.4. The van der Waals surface area contributed by atoms with Crippen molar-refractivity contribution < 1.29 is 15.0 Å². The Kier molecular flexibility index (Phi) is 12.2. The van der Waals surface area contributed by atoms with Crippen molar-refractivity contribution >= 4 is 5.97 Å². The average Bonchev–Trinajstić information content (AvgIpc) is 2.02. The first-order chi connectivity index (χ1) is 5.54. The molecule has 12 heavy (non-hydrogen) atoms. The van der Waals surface area contributed by atoms with Crippen LogP contribution in [0.4, 0.5) is 0 Å². The van der Waals surface area contributed by atoms with Gasteiger partial charge >= 0.3 is 5.97 Å². The first-order valence-electron chi connectivity index (χ1n) is 4.44. The van der Waals surface area contributed by atoms with Gasteiger partial charge in [0, 0.05) is 6.42 Å². The zero-order valence-corrected chi connectivity index (χ0v) is 8.21. The van der Waals surface area contributed by atoms with E-state index in [1.165, 1.54) is 6.42 Å². The van der Waals surface area contributed by atoms with Gasteiger partial charge in [0.25, 0.3) is 0 Å². The lowest BCUT2D eigenvalue weighted by atomic mass is 10.2. The Morgan fingerprint density at radius 3 is 1.92 bits per heavy atom. The minimum absolute atomic E-state index is 0.0973. The van der Waals surface area contributed by atoms with Crippen molar-refractivity contribution in [3.05, 3.63) is 0 Å². The van der Waals surface area contributed by atoms with Crippen LogP contribution in [0.25, 0.3) is 0 Å². The highest BCUT2D eigenvalue weighted by molar-refractivity contribution is 5.66. The van der Waals surface area contributed by atoms with Crippen LogP contribution in [0.3, 0.4) is 0 Å². The summed E-state index contributed by atoms with van der Waals surface area (Å²) in [6.45, 7) is 5.56. The van der Waals surface area contributed by atoms with Crippen LogP contribution in [0.1, 0.15) is 46.5 Å². The molecular weight excluding hydrogens is 156 g/mol. The molecule has 0 aliphatic heterocycles. The van der Waals surface area contributed by atoms with Crippen LogP contribution in [0.15, 0.2) is 0 Å². The Labute approximate surface area is 74.4 Å². The summed E-state index contributed by atoms with van der Waals surface area (Å²) in [6, 6.07) is 0. The van der Waals surface area contributed by atoms with Crippen molar-refractivity contribution in [3.63, 3.8) is 0 Å². The Bertz CT molecular complexity index is 99.9. The van der Waals surface area contributed by atoms with Crippen molar-refractivity contribution in [1.82, 2.24) is 0 Å². The molecule has 0 bridgehead atoms. The highest BCUT2D eigenvalue weighted by Gasteiger charge is 1.90. The number of carboxylic acid groups (broad SMARTS) is 1. The number of aliphatic hydroxyl groups excluding tert-OH is 1. The van der Waals surface area contributed by atoms with Crippen molar-refractivity contribution in [2.24, 2.45) is 0 Å². The molecule has 3 nitrogen and oxygen atoms in total. The second-order valence-electron chi connectivity index (χ2n) is 2.74. The molecule has 0 saturated heterocycles. The monoisotopic (exact) mass is 176 g/mol. The van der Waals surface area contributed by atoms with Gasteiger partial charge in [-0.25, -0.2) is 0 Å². The zero-order valence-electron chi connectivity index (χ0n) is 8.21. The van der Waals surface area contributed by atoms with E-state index >= 15 is 0 Å². The van der Waals surface area contributed by atoms with Gasteiger partial charge in [0.2, 0.25) is 0 Å². The number of carboxylic acids is 1. The Hall–Kier alpha value is -0.570. The van der Waals surface area contributed by atoms with Gasteiger partial charge in [-0.05, 0) is 13.3 Å². The largest absolute Gasteiger partial charge is 0.481 e. The first-order valence-corrected chi connectivity index (χ1v) is 4.44. The molecule has 0 aromatic rings. The van der Waals surface area contributed by atoms with Crippen LogP contribution in [0, 0.1) is 0 Å². The molecule has 74 valence electrons. The number of unbranched alkanes of at least 4 members (excludes halogenated alkanes) is 1. The first kappa shape index (κ1) is 14.0. The molecule has 0 amide bonds. The Morgan fingerprint density at radius 1 is 1.42 bits per heavy atom. The summed E-state index contributed by atoms with van der Waals surface area (Å²) in [4.78, 5) is 9.37. The molecule has 0 fully saturated rings. The van der Waals surface area contributed by atoms with Crippen LogP contribution in [0.2, 0.25) is 0 Å².